The molecule has 1 N–H and O–H groups in total. The van der Waals surface area contributed by atoms with Crippen molar-refractivity contribution in [3.05, 3.63) is 71.6 Å². The van der Waals surface area contributed by atoms with E-state index in [1.54, 1.807) is 48.5 Å². The Morgan fingerprint density at radius 1 is 1.15 bits per heavy atom. The van der Waals surface area contributed by atoms with Gasteiger partial charge in [0, 0.05) is 19.2 Å². The molecule has 1 fully saturated rings. The number of carbonyl (C=O) groups is 1. The minimum absolute atomic E-state index is 0.182. The van der Waals surface area contributed by atoms with Gasteiger partial charge in [-0.2, -0.15) is 0 Å². The van der Waals surface area contributed by atoms with Crippen LogP contribution in [0.1, 0.15) is 17.5 Å². The van der Waals surface area contributed by atoms with Crippen molar-refractivity contribution in [1.29, 1.82) is 0 Å². The van der Waals surface area contributed by atoms with E-state index in [9.17, 15) is 17.6 Å². The molecule has 0 atom stereocenters. The van der Waals surface area contributed by atoms with Gasteiger partial charge in [0.05, 0.1) is 11.4 Å². The maximum atomic E-state index is 13.5. The van der Waals surface area contributed by atoms with E-state index in [-0.39, 0.29) is 17.5 Å². The fourth-order valence-electron chi connectivity index (χ4n) is 2.93. The Kier molecular flexibility index (Phi) is 5.91. The van der Waals surface area contributed by atoms with Gasteiger partial charge in [-0.15, -0.1) is 0 Å². The highest BCUT2D eigenvalue weighted by Gasteiger charge is 2.28. The van der Waals surface area contributed by atoms with Gasteiger partial charge in [0.25, 0.3) is 0 Å². The zero-order valence-electron chi connectivity index (χ0n) is 14.8. The number of nitrogens with one attached hydrogen (secondary N) is 1. The lowest BCUT2D eigenvalue weighted by Crippen LogP contribution is -2.24. The molecule has 1 heterocycles. The summed E-state index contributed by atoms with van der Waals surface area (Å²) in [7, 11) is -3.19. The maximum absolute atomic E-state index is 13.5. The van der Waals surface area contributed by atoms with Crippen molar-refractivity contribution in [3.63, 3.8) is 0 Å². The number of hydrogen-bond donors (Lipinski definition) is 1. The predicted molar refractivity (Wildman–Crippen MR) is 104 cm³/mol. The van der Waals surface area contributed by atoms with Gasteiger partial charge in [0.1, 0.15) is 5.82 Å². The van der Waals surface area contributed by atoms with Crippen LogP contribution in [0.15, 0.2) is 54.6 Å². The third-order valence-corrected chi connectivity index (χ3v) is 6.23. The van der Waals surface area contributed by atoms with Crippen LogP contribution in [0.25, 0.3) is 6.08 Å². The summed E-state index contributed by atoms with van der Waals surface area (Å²) in [6.45, 7) is 0.845. The lowest BCUT2D eigenvalue weighted by atomic mass is 10.1. The Hall–Kier alpha value is -2.67. The van der Waals surface area contributed by atoms with Gasteiger partial charge in [-0.05, 0) is 48.2 Å². The summed E-state index contributed by atoms with van der Waals surface area (Å²) in [6.07, 6.45) is 4.12. The monoisotopic (exact) mass is 388 g/mol. The topological polar surface area (TPSA) is 66.5 Å². The summed E-state index contributed by atoms with van der Waals surface area (Å²) >= 11 is 0. The number of sulfonamides is 1. The van der Waals surface area contributed by atoms with E-state index in [1.807, 2.05) is 0 Å². The molecule has 1 aliphatic rings. The van der Waals surface area contributed by atoms with Crippen LogP contribution in [-0.2, 0) is 21.2 Å². The van der Waals surface area contributed by atoms with Gasteiger partial charge in [0.2, 0.25) is 15.9 Å². The summed E-state index contributed by atoms with van der Waals surface area (Å²) in [6, 6.07) is 13.5. The number of benzene rings is 2. The van der Waals surface area contributed by atoms with Gasteiger partial charge in [-0.1, -0.05) is 30.3 Å². The van der Waals surface area contributed by atoms with Gasteiger partial charge in [0.15, 0.2) is 0 Å². The molecule has 0 bridgehead atoms. The second-order valence-electron chi connectivity index (χ2n) is 6.30. The summed E-state index contributed by atoms with van der Waals surface area (Å²) in [5.74, 6) is -0.359. The molecule has 0 spiro atoms. The largest absolute Gasteiger partial charge is 0.352 e. The fourth-order valence-corrected chi connectivity index (χ4v) is 4.50. The highest BCUT2D eigenvalue weighted by molar-refractivity contribution is 7.93. The molecule has 1 saturated heterocycles. The standard InChI is InChI=1S/C20H21FN2O3S/c21-19-5-2-1-4-17(19)12-13-22-20(24)11-8-16-6-9-18(10-7-16)23-14-3-15-27(23,25)26/h1-2,4-11H,3,12-15H2,(H,22,24)/b11-8+. The Morgan fingerprint density at radius 3 is 2.56 bits per heavy atom. The smallest absolute Gasteiger partial charge is 0.244 e. The number of rotatable bonds is 6. The van der Waals surface area contributed by atoms with Crippen molar-refractivity contribution >= 4 is 27.7 Å². The molecular formula is C20H21FN2O3S. The molecule has 0 saturated carbocycles. The molecule has 7 heteroatoms. The van der Waals surface area contributed by atoms with E-state index in [0.717, 1.165) is 5.56 Å². The van der Waals surface area contributed by atoms with Crippen LogP contribution in [0.2, 0.25) is 0 Å². The summed E-state index contributed by atoms with van der Waals surface area (Å²) in [5, 5.41) is 2.72. The second-order valence-corrected chi connectivity index (χ2v) is 8.31. The van der Waals surface area contributed by atoms with E-state index in [1.165, 1.54) is 16.4 Å². The third-order valence-electron chi connectivity index (χ3n) is 4.36. The van der Waals surface area contributed by atoms with Crippen LogP contribution in [0, 0.1) is 5.82 Å². The molecule has 0 unspecified atom stereocenters. The highest BCUT2D eigenvalue weighted by atomic mass is 32.2. The van der Waals surface area contributed by atoms with Crippen LogP contribution < -0.4 is 9.62 Å². The molecule has 5 nitrogen and oxygen atoms in total. The van der Waals surface area contributed by atoms with E-state index < -0.39 is 10.0 Å². The van der Waals surface area contributed by atoms with Crippen LogP contribution in [-0.4, -0.2) is 33.2 Å². The van der Waals surface area contributed by atoms with E-state index in [0.29, 0.717) is 37.2 Å². The first kappa shape index (κ1) is 19.1. The van der Waals surface area contributed by atoms with E-state index in [4.69, 9.17) is 0 Å². The molecule has 2 aromatic rings. The average molecular weight is 388 g/mol. The maximum Gasteiger partial charge on any atom is 0.244 e. The number of hydrogen-bond acceptors (Lipinski definition) is 3. The van der Waals surface area contributed by atoms with Crippen LogP contribution >= 0.6 is 0 Å². The van der Waals surface area contributed by atoms with E-state index in [2.05, 4.69) is 5.32 Å². The molecule has 2 aromatic carbocycles. The minimum atomic E-state index is -3.19. The van der Waals surface area contributed by atoms with Gasteiger partial charge < -0.3 is 5.32 Å². The molecule has 0 aromatic heterocycles. The quantitative estimate of drug-likeness (QED) is 0.774. The summed E-state index contributed by atoms with van der Waals surface area (Å²) in [4.78, 5) is 11.9. The summed E-state index contributed by atoms with van der Waals surface area (Å²) in [5.41, 5.74) is 1.99. The average Bonchev–Trinajstić information content (AvgIpc) is 3.01. The Morgan fingerprint density at radius 2 is 1.89 bits per heavy atom. The molecular weight excluding hydrogens is 367 g/mol. The normalized spacial score (nSPS) is 16.0. The van der Waals surface area contributed by atoms with Crippen molar-refractivity contribution in [2.45, 2.75) is 12.8 Å². The first-order valence-electron chi connectivity index (χ1n) is 8.75. The van der Waals surface area contributed by atoms with Gasteiger partial charge in [-0.25, -0.2) is 12.8 Å². The number of halogens is 1. The van der Waals surface area contributed by atoms with Gasteiger partial charge in [-0.3, -0.25) is 9.10 Å². The van der Waals surface area contributed by atoms with Crippen LogP contribution in [0.5, 0.6) is 0 Å². The predicted octanol–water partition coefficient (Wildman–Crippen LogP) is 2.74. The first-order valence-corrected chi connectivity index (χ1v) is 10.4. The number of carbonyl (C=O) groups excluding carboxylic acids is 1. The first-order chi connectivity index (χ1) is 13.0. The Labute approximate surface area is 158 Å². The number of nitrogens with zero attached hydrogens (tertiary/aromatic N) is 1. The fraction of sp³-hybridized carbons (Fsp3) is 0.250. The molecule has 1 amide bonds. The zero-order chi connectivity index (χ0) is 19.3. The number of amides is 1. The van der Waals surface area contributed by atoms with Crippen molar-refractivity contribution in [2.24, 2.45) is 0 Å². The molecule has 27 heavy (non-hydrogen) atoms. The molecule has 3 rings (SSSR count). The lowest BCUT2D eigenvalue weighted by molar-refractivity contribution is -0.116. The molecule has 0 radical (unpaired) electrons. The van der Waals surface area contributed by atoms with E-state index >= 15 is 0 Å². The minimum Gasteiger partial charge on any atom is -0.352 e. The number of anilines is 1. The van der Waals surface area contributed by atoms with Gasteiger partial charge >= 0.3 is 0 Å². The Balaban J connectivity index is 1.51. The molecule has 142 valence electrons. The van der Waals surface area contributed by atoms with Crippen LogP contribution in [0.3, 0.4) is 0 Å². The Bertz CT molecular complexity index is 940. The zero-order valence-corrected chi connectivity index (χ0v) is 15.6. The van der Waals surface area contributed by atoms with Crippen molar-refractivity contribution in [1.82, 2.24) is 5.32 Å². The SMILES string of the molecule is O=C(/C=C/c1ccc(N2CCCS2(=O)=O)cc1)NCCc1ccccc1F. The lowest BCUT2D eigenvalue weighted by Gasteiger charge is -2.16. The van der Waals surface area contributed by atoms with Crippen molar-refractivity contribution in [2.75, 3.05) is 23.1 Å². The summed E-state index contributed by atoms with van der Waals surface area (Å²) < 4.78 is 38.8. The third kappa shape index (κ3) is 4.95. The highest BCUT2D eigenvalue weighted by Crippen LogP contribution is 2.24. The van der Waals surface area contributed by atoms with Crippen LogP contribution in [0.4, 0.5) is 10.1 Å². The van der Waals surface area contributed by atoms with Crippen molar-refractivity contribution in [3.8, 4) is 0 Å². The molecule has 1 aliphatic heterocycles. The van der Waals surface area contributed by atoms with Crippen molar-refractivity contribution < 1.29 is 17.6 Å². The second kappa shape index (κ2) is 8.35. The molecule has 0 aliphatic carbocycles.